The summed E-state index contributed by atoms with van der Waals surface area (Å²) >= 11 is 0. The van der Waals surface area contributed by atoms with Crippen LogP contribution in [-0.2, 0) is 4.74 Å². The van der Waals surface area contributed by atoms with Crippen molar-refractivity contribution in [3.05, 3.63) is 52.6 Å². The van der Waals surface area contributed by atoms with Gasteiger partial charge in [-0.15, -0.1) is 0 Å². The quantitative estimate of drug-likeness (QED) is 0.831. The number of hydrogen-bond acceptors (Lipinski definition) is 4. The molecule has 0 saturated heterocycles. The van der Waals surface area contributed by atoms with Crippen LogP contribution in [-0.4, -0.2) is 28.5 Å². The van der Waals surface area contributed by atoms with Crippen LogP contribution in [0.1, 0.15) is 57.6 Å². The van der Waals surface area contributed by atoms with E-state index in [9.17, 15) is 9.59 Å². The first kappa shape index (κ1) is 16.7. The summed E-state index contributed by atoms with van der Waals surface area (Å²) in [5.41, 5.74) is 2.93. The fourth-order valence-electron chi connectivity index (χ4n) is 2.47. The number of aromatic nitrogens is 2. The van der Waals surface area contributed by atoms with Crippen LogP contribution in [0.25, 0.3) is 0 Å². The number of hydrogen-bond donors (Lipinski definition) is 2. The fraction of sp³-hybridized carbons (Fsp3) is 0.353. The number of carbonyl (C=O) groups excluding carboxylic acids is 2. The molecule has 1 unspecified atom stereocenters. The van der Waals surface area contributed by atoms with Crippen LogP contribution in [0.4, 0.5) is 0 Å². The first-order valence-corrected chi connectivity index (χ1v) is 7.52. The molecule has 2 aromatic rings. The van der Waals surface area contributed by atoms with E-state index in [1.165, 1.54) is 0 Å². The Balaban J connectivity index is 2.20. The van der Waals surface area contributed by atoms with Crippen LogP contribution in [0.2, 0.25) is 0 Å². The van der Waals surface area contributed by atoms with Gasteiger partial charge in [0.1, 0.15) is 5.69 Å². The molecule has 0 saturated carbocycles. The van der Waals surface area contributed by atoms with Gasteiger partial charge in [-0.1, -0.05) is 6.07 Å². The van der Waals surface area contributed by atoms with E-state index in [0.717, 1.165) is 5.56 Å². The SMILES string of the molecule is CCOC(=O)c1c(C)[nH]c(C(=O)NC(C)c2cccnc2)c1C. The van der Waals surface area contributed by atoms with E-state index in [1.807, 2.05) is 19.1 Å². The molecule has 0 bridgehead atoms. The Hall–Kier alpha value is -2.63. The van der Waals surface area contributed by atoms with Gasteiger partial charge in [-0.05, 0) is 44.9 Å². The normalized spacial score (nSPS) is 11.8. The monoisotopic (exact) mass is 315 g/mol. The second kappa shape index (κ2) is 7.09. The highest BCUT2D eigenvalue weighted by molar-refractivity contribution is 6.00. The Morgan fingerprint density at radius 1 is 1.39 bits per heavy atom. The Morgan fingerprint density at radius 2 is 2.13 bits per heavy atom. The lowest BCUT2D eigenvalue weighted by Crippen LogP contribution is -2.27. The van der Waals surface area contributed by atoms with Crippen LogP contribution >= 0.6 is 0 Å². The maximum absolute atomic E-state index is 12.5. The lowest BCUT2D eigenvalue weighted by atomic mass is 10.1. The molecule has 0 aromatic carbocycles. The molecular weight excluding hydrogens is 294 g/mol. The summed E-state index contributed by atoms with van der Waals surface area (Å²) in [6.07, 6.45) is 3.39. The number of H-pyrrole nitrogens is 1. The van der Waals surface area contributed by atoms with Gasteiger partial charge in [0.25, 0.3) is 5.91 Å². The third-order valence-corrected chi connectivity index (χ3v) is 3.68. The minimum absolute atomic E-state index is 0.190. The molecule has 1 atom stereocenters. The Bertz CT molecular complexity index is 707. The molecule has 0 aliphatic carbocycles. The second-order valence-electron chi connectivity index (χ2n) is 5.33. The number of nitrogens with one attached hydrogen (secondary N) is 2. The predicted molar refractivity (Wildman–Crippen MR) is 86.3 cm³/mol. The molecule has 2 aromatic heterocycles. The lowest BCUT2D eigenvalue weighted by Gasteiger charge is -2.13. The summed E-state index contributed by atoms with van der Waals surface area (Å²) < 4.78 is 5.03. The number of rotatable bonds is 5. The third kappa shape index (κ3) is 3.59. The molecule has 1 amide bonds. The Morgan fingerprint density at radius 3 is 2.74 bits per heavy atom. The van der Waals surface area contributed by atoms with Crippen molar-refractivity contribution in [2.45, 2.75) is 33.7 Å². The van der Waals surface area contributed by atoms with Gasteiger partial charge in [-0.2, -0.15) is 0 Å². The molecule has 6 heteroatoms. The number of pyridine rings is 1. The molecule has 0 aliphatic rings. The number of nitrogens with zero attached hydrogens (tertiary/aromatic N) is 1. The van der Waals surface area contributed by atoms with Gasteiger partial charge in [0.15, 0.2) is 0 Å². The summed E-state index contributed by atoms with van der Waals surface area (Å²) in [5.74, 6) is -0.685. The van der Waals surface area contributed by atoms with Crippen molar-refractivity contribution >= 4 is 11.9 Å². The zero-order valence-electron chi connectivity index (χ0n) is 13.8. The van der Waals surface area contributed by atoms with Crippen molar-refractivity contribution in [3.8, 4) is 0 Å². The van der Waals surface area contributed by atoms with E-state index < -0.39 is 5.97 Å². The minimum Gasteiger partial charge on any atom is -0.462 e. The number of ether oxygens (including phenoxy) is 1. The molecule has 2 rings (SSSR count). The average molecular weight is 315 g/mol. The van der Waals surface area contributed by atoms with Crippen molar-refractivity contribution < 1.29 is 14.3 Å². The van der Waals surface area contributed by atoms with E-state index in [4.69, 9.17) is 4.74 Å². The topological polar surface area (TPSA) is 84.1 Å². The molecule has 0 fully saturated rings. The standard InChI is InChI=1S/C17H21N3O3/c1-5-23-17(22)14-10(2)15(19-12(14)4)16(21)20-11(3)13-7-6-8-18-9-13/h6-9,11,19H,5H2,1-4H3,(H,20,21). The highest BCUT2D eigenvalue weighted by Gasteiger charge is 2.23. The van der Waals surface area contributed by atoms with Gasteiger partial charge in [-0.3, -0.25) is 9.78 Å². The molecule has 0 spiro atoms. The van der Waals surface area contributed by atoms with Gasteiger partial charge < -0.3 is 15.0 Å². The minimum atomic E-state index is -0.418. The zero-order valence-corrected chi connectivity index (χ0v) is 13.8. The van der Waals surface area contributed by atoms with E-state index in [1.54, 1.807) is 33.2 Å². The zero-order chi connectivity index (χ0) is 17.0. The first-order chi connectivity index (χ1) is 11.0. The average Bonchev–Trinajstić information content (AvgIpc) is 2.83. The van der Waals surface area contributed by atoms with E-state index in [-0.39, 0.29) is 11.9 Å². The van der Waals surface area contributed by atoms with Gasteiger partial charge in [0.2, 0.25) is 0 Å². The van der Waals surface area contributed by atoms with Gasteiger partial charge in [0, 0.05) is 18.1 Å². The molecule has 23 heavy (non-hydrogen) atoms. The smallest absolute Gasteiger partial charge is 0.340 e. The number of amides is 1. The molecule has 0 aliphatic heterocycles. The molecule has 0 radical (unpaired) electrons. The van der Waals surface area contributed by atoms with E-state index in [2.05, 4.69) is 15.3 Å². The second-order valence-corrected chi connectivity index (χ2v) is 5.33. The van der Waals surface area contributed by atoms with Crippen LogP contribution in [0.15, 0.2) is 24.5 Å². The van der Waals surface area contributed by atoms with Crippen molar-refractivity contribution in [2.24, 2.45) is 0 Å². The summed E-state index contributed by atoms with van der Waals surface area (Å²) in [5, 5.41) is 2.90. The number of carbonyl (C=O) groups is 2. The van der Waals surface area contributed by atoms with Gasteiger partial charge in [-0.25, -0.2) is 4.79 Å². The summed E-state index contributed by atoms with van der Waals surface area (Å²) in [6, 6.07) is 3.53. The van der Waals surface area contributed by atoms with Crippen molar-refractivity contribution in [1.82, 2.24) is 15.3 Å². The van der Waals surface area contributed by atoms with Gasteiger partial charge >= 0.3 is 5.97 Å². The predicted octanol–water partition coefficient (Wildman–Crippen LogP) is 2.69. The highest BCUT2D eigenvalue weighted by atomic mass is 16.5. The van der Waals surface area contributed by atoms with Crippen molar-refractivity contribution in [3.63, 3.8) is 0 Å². The largest absolute Gasteiger partial charge is 0.462 e. The van der Waals surface area contributed by atoms with Crippen LogP contribution in [0, 0.1) is 13.8 Å². The third-order valence-electron chi connectivity index (χ3n) is 3.68. The number of aromatic amines is 1. The fourth-order valence-corrected chi connectivity index (χ4v) is 2.47. The van der Waals surface area contributed by atoms with Crippen LogP contribution < -0.4 is 5.32 Å². The Labute approximate surface area is 135 Å². The molecule has 6 nitrogen and oxygen atoms in total. The highest BCUT2D eigenvalue weighted by Crippen LogP contribution is 2.20. The number of aryl methyl sites for hydroxylation is 1. The van der Waals surface area contributed by atoms with Gasteiger partial charge in [0.05, 0.1) is 18.2 Å². The molecule has 2 heterocycles. The molecule has 122 valence electrons. The molecule has 2 N–H and O–H groups in total. The molecular formula is C17H21N3O3. The maximum Gasteiger partial charge on any atom is 0.340 e. The first-order valence-electron chi connectivity index (χ1n) is 7.52. The summed E-state index contributed by atoms with van der Waals surface area (Å²) in [7, 11) is 0. The van der Waals surface area contributed by atoms with Crippen molar-refractivity contribution in [2.75, 3.05) is 6.61 Å². The maximum atomic E-state index is 12.5. The summed E-state index contributed by atoms with van der Waals surface area (Å²) in [4.78, 5) is 31.5. The van der Waals surface area contributed by atoms with Crippen LogP contribution in [0.3, 0.4) is 0 Å². The van der Waals surface area contributed by atoms with E-state index >= 15 is 0 Å². The Kier molecular flexibility index (Phi) is 5.16. The number of esters is 1. The lowest BCUT2D eigenvalue weighted by molar-refractivity contribution is 0.0525. The summed E-state index contributed by atoms with van der Waals surface area (Å²) in [6.45, 7) is 7.41. The van der Waals surface area contributed by atoms with Crippen molar-refractivity contribution in [1.29, 1.82) is 0 Å². The van der Waals surface area contributed by atoms with Crippen LogP contribution in [0.5, 0.6) is 0 Å². The van der Waals surface area contributed by atoms with E-state index in [0.29, 0.717) is 29.1 Å².